The van der Waals surface area contributed by atoms with Crippen LogP contribution in [-0.2, 0) is 24.3 Å². The van der Waals surface area contributed by atoms with Crippen LogP contribution in [0.5, 0.6) is 5.75 Å². The van der Waals surface area contributed by atoms with Crippen LogP contribution in [-0.4, -0.2) is 34.2 Å². The Morgan fingerprint density at radius 1 is 1.21 bits per heavy atom. The van der Waals surface area contributed by atoms with Crippen LogP contribution in [0.3, 0.4) is 0 Å². The fourth-order valence-electron chi connectivity index (χ4n) is 3.73. The third kappa shape index (κ3) is 4.66. The van der Waals surface area contributed by atoms with Crippen LogP contribution in [0.2, 0.25) is 0 Å². The van der Waals surface area contributed by atoms with Crippen molar-refractivity contribution >= 4 is 11.7 Å². The van der Waals surface area contributed by atoms with E-state index in [1.54, 1.807) is 0 Å². The molecule has 1 aliphatic rings. The van der Waals surface area contributed by atoms with Crippen molar-refractivity contribution < 1.29 is 9.53 Å². The van der Waals surface area contributed by atoms with Crippen molar-refractivity contribution in [2.75, 3.05) is 18.5 Å². The molecule has 0 aliphatic carbocycles. The molecule has 29 heavy (non-hydrogen) atoms. The minimum atomic E-state index is -0.203. The summed E-state index contributed by atoms with van der Waals surface area (Å²) in [4.78, 5) is 14.7. The smallest absolute Gasteiger partial charge is 0.263 e. The van der Waals surface area contributed by atoms with Gasteiger partial charge in [0.15, 0.2) is 12.4 Å². The highest BCUT2D eigenvalue weighted by atomic mass is 16.5. The van der Waals surface area contributed by atoms with Crippen LogP contribution in [0.1, 0.15) is 27.9 Å². The number of anilines is 1. The summed E-state index contributed by atoms with van der Waals surface area (Å²) in [6.07, 6.45) is 0.853. The highest BCUT2D eigenvalue weighted by molar-refractivity contribution is 5.91. The maximum atomic E-state index is 12.4. The number of aryl methyl sites for hydroxylation is 2. The molecule has 0 unspecified atom stereocenters. The lowest BCUT2D eigenvalue weighted by Crippen LogP contribution is -2.30. The minimum absolute atomic E-state index is 0.0360. The van der Waals surface area contributed by atoms with Gasteiger partial charge in [-0.15, -0.1) is 0 Å². The molecule has 0 bridgehead atoms. The second kappa shape index (κ2) is 8.49. The van der Waals surface area contributed by atoms with Crippen LogP contribution in [0.15, 0.2) is 48.5 Å². The number of H-pyrrole nitrogens is 1. The summed E-state index contributed by atoms with van der Waals surface area (Å²) in [7, 11) is 0. The molecule has 0 saturated carbocycles. The summed E-state index contributed by atoms with van der Waals surface area (Å²) in [5.74, 6) is 1.14. The Hall–Kier alpha value is -3.12. The molecular formula is C23H26N4O2. The maximum absolute atomic E-state index is 12.4. The van der Waals surface area contributed by atoms with Gasteiger partial charge < -0.3 is 10.1 Å². The summed E-state index contributed by atoms with van der Waals surface area (Å²) in [5, 5.41) is 10.3. The Bertz CT molecular complexity index is 997. The molecule has 6 heteroatoms. The number of carbonyl (C=O) groups is 1. The average molecular weight is 390 g/mol. The van der Waals surface area contributed by atoms with Crippen LogP contribution >= 0.6 is 0 Å². The Balaban J connectivity index is 1.33. The molecule has 1 amide bonds. The first-order valence-corrected chi connectivity index (χ1v) is 9.91. The van der Waals surface area contributed by atoms with Gasteiger partial charge in [0.05, 0.1) is 5.69 Å². The minimum Gasteiger partial charge on any atom is -0.483 e. The van der Waals surface area contributed by atoms with Gasteiger partial charge in [-0.05, 0) is 37.5 Å². The first-order chi connectivity index (χ1) is 14.1. The van der Waals surface area contributed by atoms with Crippen molar-refractivity contribution in [1.29, 1.82) is 0 Å². The molecule has 0 fully saturated rings. The Labute approximate surface area is 170 Å². The normalized spacial score (nSPS) is 13.7. The lowest BCUT2D eigenvalue weighted by Gasteiger charge is -2.26. The van der Waals surface area contributed by atoms with Gasteiger partial charge in [-0.25, -0.2) is 0 Å². The highest BCUT2D eigenvalue weighted by Crippen LogP contribution is 2.25. The number of ether oxygens (including phenoxy) is 1. The third-order valence-electron chi connectivity index (χ3n) is 5.21. The average Bonchev–Trinajstić information content (AvgIpc) is 3.10. The molecule has 0 saturated heterocycles. The topological polar surface area (TPSA) is 70.2 Å². The zero-order valence-electron chi connectivity index (χ0n) is 16.9. The number of amides is 1. The molecule has 2 N–H and O–H groups in total. The number of benzene rings is 2. The van der Waals surface area contributed by atoms with Crippen LogP contribution in [0.4, 0.5) is 5.82 Å². The number of carbonyl (C=O) groups excluding carboxylic acids is 1. The van der Waals surface area contributed by atoms with Crippen molar-refractivity contribution in [3.8, 4) is 5.75 Å². The Kier molecular flexibility index (Phi) is 5.62. The highest BCUT2D eigenvalue weighted by Gasteiger charge is 2.23. The number of aromatic nitrogens is 2. The predicted octanol–water partition coefficient (Wildman–Crippen LogP) is 3.60. The molecule has 0 spiro atoms. The Morgan fingerprint density at radius 2 is 2.03 bits per heavy atom. The molecule has 4 rings (SSSR count). The number of rotatable bonds is 6. The summed E-state index contributed by atoms with van der Waals surface area (Å²) in [5.41, 5.74) is 5.65. The molecule has 1 aromatic heterocycles. The quantitative estimate of drug-likeness (QED) is 0.675. The first-order valence-electron chi connectivity index (χ1n) is 9.91. The fourth-order valence-corrected chi connectivity index (χ4v) is 3.73. The predicted molar refractivity (Wildman–Crippen MR) is 113 cm³/mol. The van der Waals surface area contributed by atoms with E-state index in [0.29, 0.717) is 5.82 Å². The van der Waals surface area contributed by atoms with Crippen molar-refractivity contribution in [3.05, 3.63) is 76.5 Å². The van der Waals surface area contributed by atoms with Crippen molar-refractivity contribution in [2.24, 2.45) is 0 Å². The van der Waals surface area contributed by atoms with E-state index in [1.165, 1.54) is 11.1 Å². The van der Waals surface area contributed by atoms with Crippen LogP contribution in [0.25, 0.3) is 0 Å². The second-order valence-corrected chi connectivity index (χ2v) is 7.58. The molecule has 0 atom stereocenters. The molecule has 2 heterocycles. The van der Waals surface area contributed by atoms with E-state index in [1.807, 2.05) is 38.1 Å². The van der Waals surface area contributed by atoms with Gasteiger partial charge in [-0.3, -0.25) is 14.8 Å². The first kappa shape index (κ1) is 19.2. The van der Waals surface area contributed by atoms with Gasteiger partial charge in [0.1, 0.15) is 5.75 Å². The number of aromatic amines is 1. The molecular weight excluding hydrogens is 364 g/mol. The van der Waals surface area contributed by atoms with E-state index in [4.69, 9.17) is 4.74 Å². The third-order valence-corrected chi connectivity index (χ3v) is 5.21. The summed E-state index contributed by atoms with van der Waals surface area (Å²) in [6.45, 7) is 6.61. The van der Waals surface area contributed by atoms with E-state index in [0.717, 1.165) is 48.6 Å². The maximum Gasteiger partial charge on any atom is 0.263 e. The van der Waals surface area contributed by atoms with Gasteiger partial charge in [0, 0.05) is 25.2 Å². The molecule has 150 valence electrons. The SMILES string of the molecule is Cc1ccc(OCC(=O)Nc2n[nH]c3c2CCN(Cc2ccccc2)C3)c(C)c1. The summed E-state index contributed by atoms with van der Waals surface area (Å²) in [6, 6.07) is 16.4. The van der Waals surface area contributed by atoms with Gasteiger partial charge >= 0.3 is 0 Å². The number of hydrogen-bond acceptors (Lipinski definition) is 4. The van der Waals surface area contributed by atoms with Crippen molar-refractivity contribution in [3.63, 3.8) is 0 Å². The van der Waals surface area contributed by atoms with E-state index < -0.39 is 0 Å². The Morgan fingerprint density at radius 3 is 2.83 bits per heavy atom. The second-order valence-electron chi connectivity index (χ2n) is 7.58. The van der Waals surface area contributed by atoms with E-state index in [-0.39, 0.29) is 12.5 Å². The zero-order valence-corrected chi connectivity index (χ0v) is 16.9. The van der Waals surface area contributed by atoms with Gasteiger partial charge in [-0.1, -0.05) is 48.0 Å². The molecule has 3 aromatic rings. The fraction of sp³-hybridized carbons (Fsp3) is 0.304. The lowest BCUT2D eigenvalue weighted by molar-refractivity contribution is -0.118. The number of fused-ring (bicyclic) bond motifs is 1. The number of hydrogen-bond donors (Lipinski definition) is 2. The standard InChI is InChI=1S/C23H26N4O2/c1-16-8-9-21(17(2)12-16)29-15-22(28)24-23-19-10-11-27(14-20(19)25-26-23)13-18-6-4-3-5-7-18/h3-9,12H,10-11,13-15H2,1-2H3,(H2,24,25,26,28). The van der Waals surface area contributed by atoms with Gasteiger partial charge in [0.2, 0.25) is 0 Å². The monoisotopic (exact) mass is 390 g/mol. The van der Waals surface area contributed by atoms with Gasteiger partial charge in [-0.2, -0.15) is 5.10 Å². The molecule has 1 aliphatic heterocycles. The van der Waals surface area contributed by atoms with Crippen LogP contribution in [0, 0.1) is 13.8 Å². The zero-order chi connectivity index (χ0) is 20.2. The molecule has 2 aromatic carbocycles. The van der Waals surface area contributed by atoms with E-state index >= 15 is 0 Å². The summed E-state index contributed by atoms with van der Waals surface area (Å²) < 4.78 is 5.67. The van der Waals surface area contributed by atoms with Crippen LogP contribution < -0.4 is 10.1 Å². The van der Waals surface area contributed by atoms with Gasteiger partial charge in [0.25, 0.3) is 5.91 Å². The van der Waals surface area contributed by atoms with E-state index in [9.17, 15) is 4.79 Å². The lowest BCUT2D eigenvalue weighted by atomic mass is 10.1. The van der Waals surface area contributed by atoms with Crippen molar-refractivity contribution in [2.45, 2.75) is 33.4 Å². The van der Waals surface area contributed by atoms with E-state index in [2.05, 4.69) is 44.7 Å². The molecule has 6 nitrogen and oxygen atoms in total. The van der Waals surface area contributed by atoms with Crippen molar-refractivity contribution in [1.82, 2.24) is 15.1 Å². The largest absolute Gasteiger partial charge is 0.483 e. The number of nitrogens with zero attached hydrogens (tertiary/aromatic N) is 2. The summed E-state index contributed by atoms with van der Waals surface area (Å²) >= 11 is 0. The molecule has 0 radical (unpaired) electrons. The number of nitrogens with one attached hydrogen (secondary N) is 2.